The first-order chi connectivity index (χ1) is 11.2. The minimum Gasteiger partial charge on any atom is -0.497 e. The maximum Gasteiger partial charge on any atom is 0.339 e. The molecule has 2 aromatic carbocycles. The van der Waals surface area contributed by atoms with Crippen LogP contribution in [-0.4, -0.2) is 23.2 Å². The van der Waals surface area contributed by atoms with Gasteiger partial charge in [-0.15, -0.1) is 12.4 Å². The average Bonchev–Trinajstić information content (AvgIpc) is 2.59. The van der Waals surface area contributed by atoms with Crippen molar-refractivity contribution in [1.29, 1.82) is 0 Å². The molecule has 3 aromatic rings. The molecule has 0 amide bonds. The Morgan fingerprint density at radius 3 is 2.62 bits per heavy atom. The number of carboxylic acid groups (broad SMARTS) is 1. The van der Waals surface area contributed by atoms with E-state index in [9.17, 15) is 9.90 Å². The summed E-state index contributed by atoms with van der Waals surface area (Å²) in [7, 11) is 1.58. The highest BCUT2D eigenvalue weighted by Crippen LogP contribution is 2.29. The number of aromatic carboxylic acids is 1. The van der Waals surface area contributed by atoms with E-state index in [2.05, 4.69) is 10.3 Å². The highest BCUT2D eigenvalue weighted by Gasteiger charge is 2.15. The SMILES string of the molecule is COc1ccc2ncc(C(=O)O)c(NCc3ccccc3)c2c1.Cl. The monoisotopic (exact) mass is 344 g/mol. The lowest BCUT2D eigenvalue weighted by Crippen LogP contribution is -2.08. The predicted octanol–water partition coefficient (Wildman–Crippen LogP) is 3.98. The van der Waals surface area contributed by atoms with E-state index in [1.54, 1.807) is 19.2 Å². The molecule has 1 heterocycles. The molecule has 0 saturated heterocycles. The number of hydrogen-bond acceptors (Lipinski definition) is 4. The van der Waals surface area contributed by atoms with Crippen molar-refractivity contribution in [3.8, 4) is 5.75 Å². The van der Waals surface area contributed by atoms with Crippen LogP contribution >= 0.6 is 12.4 Å². The number of rotatable bonds is 5. The number of pyridine rings is 1. The molecule has 5 nitrogen and oxygen atoms in total. The van der Waals surface area contributed by atoms with E-state index in [0.29, 0.717) is 23.5 Å². The first kappa shape index (κ1) is 17.6. The van der Waals surface area contributed by atoms with Crippen molar-refractivity contribution in [2.75, 3.05) is 12.4 Å². The third kappa shape index (κ3) is 3.58. The number of hydrogen-bond donors (Lipinski definition) is 2. The number of methoxy groups -OCH3 is 1. The van der Waals surface area contributed by atoms with E-state index in [1.165, 1.54) is 6.20 Å². The Bertz CT molecular complexity index is 854. The molecule has 0 unspecified atom stereocenters. The van der Waals surface area contributed by atoms with Crippen LogP contribution in [0, 0.1) is 0 Å². The van der Waals surface area contributed by atoms with Crippen LogP contribution in [0.3, 0.4) is 0 Å². The van der Waals surface area contributed by atoms with Gasteiger partial charge in [0.1, 0.15) is 11.3 Å². The Morgan fingerprint density at radius 2 is 1.96 bits per heavy atom. The fourth-order valence-corrected chi connectivity index (χ4v) is 2.44. The molecule has 6 heteroatoms. The van der Waals surface area contributed by atoms with Gasteiger partial charge in [-0.1, -0.05) is 30.3 Å². The lowest BCUT2D eigenvalue weighted by molar-refractivity contribution is 0.0697. The smallest absolute Gasteiger partial charge is 0.339 e. The molecule has 3 rings (SSSR count). The lowest BCUT2D eigenvalue weighted by Gasteiger charge is -2.13. The Hall–Kier alpha value is -2.79. The van der Waals surface area contributed by atoms with Crippen molar-refractivity contribution in [3.63, 3.8) is 0 Å². The number of carboxylic acids is 1. The Morgan fingerprint density at radius 1 is 1.21 bits per heavy atom. The van der Waals surface area contributed by atoms with Crippen molar-refractivity contribution in [2.24, 2.45) is 0 Å². The van der Waals surface area contributed by atoms with Gasteiger partial charge in [0.15, 0.2) is 0 Å². The molecular formula is C18H17ClN2O3. The van der Waals surface area contributed by atoms with Gasteiger partial charge >= 0.3 is 5.97 Å². The summed E-state index contributed by atoms with van der Waals surface area (Å²) in [5.74, 6) is -0.359. The van der Waals surface area contributed by atoms with E-state index in [1.807, 2.05) is 36.4 Å². The third-order valence-electron chi connectivity index (χ3n) is 3.62. The number of anilines is 1. The standard InChI is InChI=1S/C18H16N2O3.ClH/c1-23-13-7-8-16-14(9-13)17(15(11-19-16)18(21)22)20-10-12-5-3-2-4-6-12;/h2-9,11H,10H2,1H3,(H,19,20)(H,21,22);1H. The first-order valence-electron chi connectivity index (χ1n) is 7.17. The van der Waals surface area contributed by atoms with Gasteiger partial charge in [-0.3, -0.25) is 4.98 Å². The van der Waals surface area contributed by atoms with E-state index < -0.39 is 5.97 Å². The topological polar surface area (TPSA) is 71.5 Å². The van der Waals surface area contributed by atoms with E-state index >= 15 is 0 Å². The molecule has 1 aromatic heterocycles. The van der Waals surface area contributed by atoms with Crippen LogP contribution in [0.4, 0.5) is 5.69 Å². The molecule has 0 aliphatic heterocycles. The normalized spacial score (nSPS) is 10.0. The largest absolute Gasteiger partial charge is 0.497 e. The first-order valence-corrected chi connectivity index (χ1v) is 7.17. The van der Waals surface area contributed by atoms with Crippen molar-refractivity contribution in [2.45, 2.75) is 6.54 Å². The van der Waals surface area contributed by atoms with Crippen LogP contribution in [-0.2, 0) is 6.54 Å². The average molecular weight is 345 g/mol. The summed E-state index contributed by atoms with van der Waals surface area (Å²) < 4.78 is 5.24. The fraction of sp³-hybridized carbons (Fsp3) is 0.111. The molecule has 124 valence electrons. The minimum atomic E-state index is -1.02. The van der Waals surface area contributed by atoms with E-state index in [0.717, 1.165) is 10.9 Å². The summed E-state index contributed by atoms with van der Waals surface area (Å²) >= 11 is 0. The molecule has 0 saturated carbocycles. The van der Waals surface area contributed by atoms with Gasteiger partial charge in [0.25, 0.3) is 0 Å². The predicted molar refractivity (Wildman–Crippen MR) is 96.3 cm³/mol. The second kappa shape index (κ2) is 7.66. The quantitative estimate of drug-likeness (QED) is 0.732. The number of carbonyl (C=O) groups is 1. The molecule has 0 aliphatic carbocycles. The Labute approximate surface area is 145 Å². The number of fused-ring (bicyclic) bond motifs is 1. The van der Waals surface area contributed by atoms with Crippen molar-refractivity contribution >= 4 is 35.0 Å². The Balaban J connectivity index is 0.00000208. The second-order valence-corrected chi connectivity index (χ2v) is 5.07. The molecule has 24 heavy (non-hydrogen) atoms. The van der Waals surface area contributed by atoms with Crippen molar-refractivity contribution < 1.29 is 14.6 Å². The summed E-state index contributed by atoms with van der Waals surface area (Å²) in [5, 5.41) is 13.4. The van der Waals surface area contributed by atoms with Crippen molar-refractivity contribution in [1.82, 2.24) is 4.98 Å². The second-order valence-electron chi connectivity index (χ2n) is 5.07. The summed E-state index contributed by atoms with van der Waals surface area (Å²) in [6.45, 7) is 0.525. The van der Waals surface area contributed by atoms with Gasteiger partial charge in [0.05, 0.1) is 18.3 Å². The van der Waals surface area contributed by atoms with Gasteiger partial charge in [0.2, 0.25) is 0 Å². The van der Waals surface area contributed by atoms with Crippen LogP contribution in [0.1, 0.15) is 15.9 Å². The molecule has 0 atom stereocenters. The molecule has 0 radical (unpaired) electrons. The van der Waals surface area contributed by atoms with Crippen molar-refractivity contribution in [3.05, 3.63) is 65.9 Å². The van der Waals surface area contributed by atoms with Crippen LogP contribution in [0.25, 0.3) is 10.9 Å². The Kier molecular flexibility index (Phi) is 5.60. The molecule has 2 N–H and O–H groups in total. The zero-order chi connectivity index (χ0) is 16.2. The van der Waals surface area contributed by atoms with E-state index in [4.69, 9.17) is 4.74 Å². The number of aromatic nitrogens is 1. The lowest BCUT2D eigenvalue weighted by atomic mass is 10.1. The summed E-state index contributed by atoms with van der Waals surface area (Å²) in [5.41, 5.74) is 2.47. The zero-order valence-electron chi connectivity index (χ0n) is 13.0. The maximum absolute atomic E-state index is 11.5. The molecule has 0 spiro atoms. The number of ether oxygens (including phenoxy) is 1. The summed E-state index contributed by atoms with van der Waals surface area (Å²) in [6.07, 6.45) is 1.38. The van der Waals surface area contributed by atoms with Crippen LogP contribution < -0.4 is 10.1 Å². The number of nitrogens with zero attached hydrogens (tertiary/aromatic N) is 1. The van der Waals surface area contributed by atoms with Gasteiger partial charge in [-0.2, -0.15) is 0 Å². The summed E-state index contributed by atoms with van der Waals surface area (Å²) in [6, 6.07) is 15.2. The third-order valence-corrected chi connectivity index (χ3v) is 3.62. The van der Waals surface area contributed by atoms with Crippen LogP contribution in [0.2, 0.25) is 0 Å². The maximum atomic E-state index is 11.5. The number of halogens is 1. The highest BCUT2D eigenvalue weighted by molar-refractivity contribution is 6.04. The summed E-state index contributed by atoms with van der Waals surface area (Å²) in [4.78, 5) is 15.7. The van der Waals surface area contributed by atoms with Gasteiger partial charge in [-0.05, 0) is 23.8 Å². The zero-order valence-corrected chi connectivity index (χ0v) is 13.8. The molecule has 0 bridgehead atoms. The molecule has 0 fully saturated rings. The molecular weight excluding hydrogens is 328 g/mol. The highest BCUT2D eigenvalue weighted by atomic mass is 35.5. The van der Waals surface area contributed by atoms with Crippen LogP contribution in [0.15, 0.2) is 54.7 Å². The molecule has 0 aliphatic rings. The minimum absolute atomic E-state index is 0. The van der Waals surface area contributed by atoms with E-state index in [-0.39, 0.29) is 18.0 Å². The van der Waals surface area contributed by atoms with Crippen LogP contribution in [0.5, 0.6) is 5.75 Å². The van der Waals surface area contributed by atoms with Gasteiger partial charge < -0.3 is 15.2 Å². The number of nitrogens with one attached hydrogen (secondary N) is 1. The van der Waals surface area contributed by atoms with Gasteiger partial charge in [0, 0.05) is 18.1 Å². The number of benzene rings is 2. The van der Waals surface area contributed by atoms with Gasteiger partial charge in [-0.25, -0.2) is 4.79 Å². The fourth-order valence-electron chi connectivity index (χ4n) is 2.44.